The summed E-state index contributed by atoms with van der Waals surface area (Å²) in [6, 6.07) is 2.52. The predicted molar refractivity (Wildman–Crippen MR) is 128 cm³/mol. The summed E-state index contributed by atoms with van der Waals surface area (Å²) in [4.78, 5) is 25.4. The lowest BCUT2D eigenvalue weighted by Gasteiger charge is -2.36. The van der Waals surface area contributed by atoms with Gasteiger partial charge in [-0.05, 0) is 32.4 Å². The molecule has 0 spiro atoms. The van der Waals surface area contributed by atoms with Gasteiger partial charge in [-0.3, -0.25) is 9.78 Å². The lowest BCUT2D eigenvalue weighted by molar-refractivity contribution is 0.204. The number of piperidine rings is 1. The van der Waals surface area contributed by atoms with E-state index < -0.39 is 11.6 Å². The molecule has 0 unspecified atom stereocenters. The summed E-state index contributed by atoms with van der Waals surface area (Å²) in [6.07, 6.45) is 4.59. The monoisotopic (exact) mass is 488 g/mol. The van der Waals surface area contributed by atoms with Crippen LogP contribution in [0.15, 0.2) is 16.9 Å². The van der Waals surface area contributed by atoms with Crippen molar-refractivity contribution in [3.63, 3.8) is 0 Å². The number of aromatic nitrogens is 5. The molecule has 0 amide bonds. The van der Waals surface area contributed by atoms with Crippen LogP contribution in [-0.2, 0) is 7.05 Å². The third-order valence-electron chi connectivity index (χ3n) is 6.67. The molecule has 35 heavy (non-hydrogen) atoms. The van der Waals surface area contributed by atoms with Crippen molar-refractivity contribution < 1.29 is 13.5 Å². The lowest BCUT2D eigenvalue weighted by Crippen LogP contribution is -2.48. The van der Waals surface area contributed by atoms with Crippen LogP contribution in [0.2, 0.25) is 0 Å². The molecule has 0 bridgehead atoms. The number of hydrogen-bond donors (Lipinski definition) is 1. The van der Waals surface area contributed by atoms with Gasteiger partial charge in [-0.25, -0.2) is 13.5 Å². The molecule has 1 aromatic carbocycles. The number of benzene rings is 1. The number of rotatable bonds is 7. The molecule has 0 atom stereocenters. The largest absolute Gasteiger partial charge is 0.493 e. The van der Waals surface area contributed by atoms with E-state index in [9.17, 15) is 13.6 Å². The lowest BCUT2D eigenvalue weighted by atomic mass is 10.1. The minimum atomic E-state index is -0.640. The van der Waals surface area contributed by atoms with Gasteiger partial charge in [0.05, 0.1) is 6.61 Å². The van der Waals surface area contributed by atoms with Gasteiger partial charge in [-0.2, -0.15) is 4.98 Å². The van der Waals surface area contributed by atoms with E-state index in [1.807, 2.05) is 4.90 Å². The smallest absolute Gasteiger partial charge is 0.282 e. The summed E-state index contributed by atoms with van der Waals surface area (Å²) in [5.74, 6) is -0.681. The molecule has 4 heterocycles. The number of aryl methyl sites for hydroxylation is 1. The maximum Gasteiger partial charge on any atom is 0.282 e. The Morgan fingerprint density at radius 2 is 1.69 bits per heavy atom. The van der Waals surface area contributed by atoms with Gasteiger partial charge in [-0.1, -0.05) is 11.6 Å². The molecule has 5 rings (SSSR count). The first-order valence-electron chi connectivity index (χ1n) is 12.1. The van der Waals surface area contributed by atoms with E-state index in [0.29, 0.717) is 44.4 Å². The topological polar surface area (TPSA) is 95.4 Å². The van der Waals surface area contributed by atoms with E-state index in [2.05, 4.69) is 25.2 Å². The zero-order chi connectivity index (χ0) is 24.4. The highest BCUT2D eigenvalue weighted by atomic mass is 19.1. The Morgan fingerprint density at radius 1 is 1.00 bits per heavy atom. The highest BCUT2D eigenvalue weighted by Crippen LogP contribution is 2.29. The van der Waals surface area contributed by atoms with Gasteiger partial charge in [0.25, 0.3) is 5.56 Å². The molecule has 2 aromatic heterocycles. The van der Waals surface area contributed by atoms with Gasteiger partial charge in [-0.15, -0.1) is 5.10 Å². The third-order valence-corrected chi connectivity index (χ3v) is 6.67. The van der Waals surface area contributed by atoms with Gasteiger partial charge in [0, 0.05) is 51.9 Å². The number of likely N-dealkylation sites (tertiary alicyclic amines) is 1. The summed E-state index contributed by atoms with van der Waals surface area (Å²) in [5, 5.41) is 7.64. The van der Waals surface area contributed by atoms with Crippen molar-refractivity contribution in [1.82, 2.24) is 29.9 Å². The maximum atomic E-state index is 14.9. The van der Waals surface area contributed by atoms with Crippen molar-refractivity contribution in [3.8, 4) is 5.75 Å². The average Bonchev–Trinajstić information content (AvgIpc) is 3.24. The molecule has 10 nitrogen and oxygen atoms in total. The third kappa shape index (κ3) is 5.07. The van der Waals surface area contributed by atoms with Crippen LogP contribution in [0.3, 0.4) is 0 Å². The highest BCUT2D eigenvalue weighted by Gasteiger charge is 2.25. The van der Waals surface area contributed by atoms with Crippen LogP contribution in [0.4, 0.5) is 20.4 Å². The Morgan fingerprint density at radius 3 is 2.40 bits per heavy atom. The van der Waals surface area contributed by atoms with Crippen LogP contribution in [0.1, 0.15) is 25.7 Å². The van der Waals surface area contributed by atoms with Crippen molar-refractivity contribution >= 4 is 22.8 Å². The number of nitrogens with zero attached hydrogens (tertiary/aromatic N) is 7. The van der Waals surface area contributed by atoms with E-state index >= 15 is 0 Å². The number of nitrogens with one attached hydrogen (secondary N) is 1. The minimum absolute atomic E-state index is 0.0574. The van der Waals surface area contributed by atoms with Crippen LogP contribution in [0.5, 0.6) is 5.75 Å². The molecule has 0 saturated carbocycles. The van der Waals surface area contributed by atoms with Crippen molar-refractivity contribution in [1.29, 1.82) is 0 Å². The molecule has 188 valence electrons. The average molecular weight is 489 g/mol. The summed E-state index contributed by atoms with van der Waals surface area (Å²) in [6.45, 7) is 5.22. The molecular weight excluding hydrogens is 458 g/mol. The number of hydrogen-bond acceptors (Lipinski definition) is 8. The molecule has 2 aliphatic heterocycles. The number of anilines is 2. The Kier molecular flexibility index (Phi) is 6.80. The van der Waals surface area contributed by atoms with E-state index in [-0.39, 0.29) is 22.5 Å². The van der Waals surface area contributed by atoms with Crippen LogP contribution in [-0.4, -0.2) is 82.3 Å². The second-order valence-electron chi connectivity index (χ2n) is 9.09. The predicted octanol–water partition coefficient (Wildman–Crippen LogP) is 1.91. The summed E-state index contributed by atoms with van der Waals surface area (Å²) >= 11 is 0. The number of H-pyrrole nitrogens is 1. The number of fused-ring (bicyclic) bond motifs is 1. The zero-order valence-corrected chi connectivity index (χ0v) is 19.8. The van der Waals surface area contributed by atoms with Gasteiger partial charge in [0.2, 0.25) is 5.95 Å². The summed E-state index contributed by atoms with van der Waals surface area (Å²) in [7, 11) is 1.66. The van der Waals surface area contributed by atoms with Crippen molar-refractivity contribution in [3.05, 3.63) is 34.1 Å². The fraction of sp³-hybridized carbons (Fsp3) is 0.565. The van der Waals surface area contributed by atoms with E-state index in [0.717, 1.165) is 26.1 Å². The number of piperazine rings is 1. The summed E-state index contributed by atoms with van der Waals surface area (Å²) < 4.78 is 36.9. The number of ether oxygens (including phenoxy) is 1. The standard InChI is InChI=1S/C23H30F2N8O2/c1-30-21-19(28-29-30)22(34)27-23(26-21)33-11-9-32(10-12-33)20-17(24)14-16(15-18(20)25)35-13-5-8-31-6-3-2-4-7-31/h14-15H,2-13H2,1H3,(H,26,27,34). The number of aromatic amines is 1. The second kappa shape index (κ2) is 10.1. The molecule has 2 fully saturated rings. The van der Waals surface area contributed by atoms with Crippen LogP contribution < -0.4 is 20.1 Å². The van der Waals surface area contributed by atoms with Gasteiger partial charge in [0.1, 0.15) is 11.4 Å². The Balaban J connectivity index is 1.18. The first-order chi connectivity index (χ1) is 17.0. The van der Waals surface area contributed by atoms with Crippen molar-refractivity contribution in [2.45, 2.75) is 25.7 Å². The molecular formula is C23H30F2N8O2. The molecule has 12 heteroatoms. The van der Waals surface area contributed by atoms with Crippen molar-refractivity contribution in [2.24, 2.45) is 7.05 Å². The van der Waals surface area contributed by atoms with Gasteiger partial charge in [0.15, 0.2) is 22.8 Å². The van der Waals surface area contributed by atoms with Gasteiger partial charge >= 0.3 is 0 Å². The Bertz CT molecular complexity index is 1210. The van der Waals surface area contributed by atoms with Gasteiger partial charge < -0.3 is 19.4 Å². The minimum Gasteiger partial charge on any atom is -0.493 e. The maximum absolute atomic E-state index is 14.9. The molecule has 0 radical (unpaired) electrons. The van der Waals surface area contributed by atoms with Crippen LogP contribution in [0, 0.1) is 11.6 Å². The van der Waals surface area contributed by atoms with Crippen LogP contribution in [0.25, 0.3) is 11.2 Å². The second-order valence-corrected chi connectivity index (χ2v) is 9.09. The number of halogens is 2. The molecule has 1 N–H and O–H groups in total. The molecule has 2 aliphatic rings. The van der Waals surface area contributed by atoms with Crippen LogP contribution >= 0.6 is 0 Å². The zero-order valence-electron chi connectivity index (χ0n) is 19.8. The quantitative estimate of drug-likeness (QED) is 0.504. The van der Waals surface area contributed by atoms with E-state index in [1.165, 1.54) is 36.1 Å². The molecule has 2 saturated heterocycles. The molecule has 3 aromatic rings. The Labute approximate surface area is 201 Å². The SMILES string of the molecule is Cn1nnc2c(=O)[nH]c(N3CCN(c4c(F)cc(OCCCN5CCCCC5)cc4F)CC3)nc21. The van der Waals surface area contributed by atoms with E-state index in [1.54, 1.807) is 11.9 Å². The van der Waals surface area contributed by atoms with Crippen molar-refractivity contribution in [2.75, 3.05) is 62.2 Å². The normalized spacial score (nSPS) is 17.3. The Hall–Kier alpha value is -3.28. The first-order valence-corrected chi connectivity index (χ1v) is 12.1. The summed E-state index contributed by atoms with van der Waals surface area (Å²) in [5.41, 5.74) is 0.129. The fourth-order valence-electron chi connectivity index (χ4n) is 4.79. The highest BCUT2D eigenvalue weighted by molar-refractivity contribution is 5.69. The molecule has 0 aliphatic carbocycles. The first kappa shape index (κ1) is 23.5. The fourth-order valence-corrected chi connectivity index (χ4v) is 4.79. The van der Waals surface area contributed by atoms with E-state index in [4.69, 9.17) is 4.74 Å².